The number of carbonyl (C=O) groups excluding carboxylic acids is 1. The number of hydrogen-bond acceptors (Lipinski definition) is 5. The van der Waals surface area contributed by atoms with Crippen LogP contribution in [0.1, 0.15) is 22.9 Å². The number of phenols is 1. The van der Waals surface area contributed by atoms with Crippen molar-refractivity contribution in [2.45, 2.75) is 25.4 Å². The molecule has 1 aliphatic rings. The Morgan fingerprint density at radius 3 is 2.84 bits per heavy atom. The number of rotatable bonds is 3. The summed E-state index contributed by atoms with van der Waals surface area (Å²) in [6, 6.07) is 7.19. The summed E-state index contributed by atoms with van der Waals surface area (Å²) >= 11 is 1.44. The van der Waals surface area contributed by atoms with Crippen molar-refractivity contribution in [3.05, 3.63) is 46.2 Å². The van der Waals surface area contributed by atoms with Crippen molar-refractivity contribution in [1.82, 2.24) is 9.03 Å². The zero-order valence-electron chi connectivity index (χ0n) is 13.8. The van der Waals surface area contributed by atoms with Gasteiger partial charge in [-0.05, 0) is 42.5 Å². The Hall–Kier alpha value is -1.94. The SMILES string of the molecule is Cc1ccc(O)c(NC(=O)[C@H]2C[C@@H](c3cccs3)NS(=O)(=O)N2C)c1. The lowest BCUT2D eigenvalue weighted by Gasteiger charge is -2.35. The summed E-state index contributed by atoms with van der Waals surface area (Å²) in [5.41, 5.74) is 1.14. The minimum absolute atomic E-state index is 0.0619. The first-order chi connectivity index (χ1) is 11.8. The second-order valence-corrected chi connectivity index (χ2v) is 8.71. The molecule has 0 bridgehead atoms. The van der Waals surface area contributed by atoms with Gasteiger partial charge in [0.15, 0.2) is 0 Å². The van der Waals surface area contributed by atoms with Gasteiger partial charge in [-0.2, -0.15) is 17.4 Å². The van der Waals surface area contributed by atoms with Gasteiger partial charge in [0.2, 0.25) is 5.91 Å². The zero-order valence-corrected chi connectivity index (χ0v) is 15.4. The molecule has 7 nitrogen and oxygen atoms in total. The lowest BCUT2D eigenvalue weighted by atomic mass is 10.1. The predicted octanol–water partition coefficient (Wildman–Crippen LogP) is 1.98. The van der Waals surface area contributed by atoms with Crippen LogP contribution >= 0.6 is 11.3 Å². The first kappa shape index (κ1) is 17.9. The van der Waals surface area contributed by atoms with Crippen molar-refractivity contribution in [1.29, 1.82) is 0 Å². The fraction of sp³-hybridized carbons (Fsp3) is 0.312. The van der Waals surface area contributed by atoms with Gasteiger partial charge in [0, 0.05) is 11.9 Å². The van der Waals surface area contributed by atoms with Gasteiger partial charge in [-0.3, -0.25) is 4.79 Å². The monoisotopic (exact) mass is 381 g/mol. The van der Waals surface area contributed by atoms with E-state index in [9.17, 15) is 18.3 Å². The number of aryl methyl sites for hydroxylation is 1. The van der Waals surface area contributed by atoms with Crippen molar-refractivity contribution in [2.75, 3.05) is 12.4 Å². The van der Waals surface area contributed by atoms with E-state index >= 15 is 0 Å². The number of hydrogen-bond donors (Lipinski definition) is 3. The molecule has 0 radical (unpaired) electrons. The Balaban J connectivity index is 1.85. The number of likely N-dealkylation sites (N-methyl/N-ethyl adjacent to an activating group) is 1. The van der Waals surface area contributed by atoms with Gasteiger partial charge in [-0.1, -0.05) is 12.1 Å². The molecule has 0 aliphatic carbocycles. The van der Waals surface area contributed by atoms with E-state index in [1.807, 2.05) is 24.4 Å². The molecule has 2 heterocycles. The summed E-state index contributed by atoms with van der Waals surface area (Å²) in [6.07, 6.45) is 0.300. The van der Waals surface area contributed by atoms with E-state index in [-0.39, 0.29) is 11.4 Å². The average molecular weight is 381 g/mol. The van der Waals surface area contributed by atoms with E-state index in [4.69, 9.17) is 0 Å². The van der Waals surface area contributed by atoms with Gasteiger partial charge in [-0.15, -0.1) is 11.3 Å². The third-order valence-electron chi connectivity index (χ3n) is 4.17. The molecule has 134 valence electrons. The Morgan fingerprint density at radius 1 is 1.40 bits per heavy atom. The fourth-order valence-electron chi connectivity index (χ4n) is 2.75. The van der Waals surface area contributed by atoms with Gasteiger partial charge < -0.3 is 10.4 Å². The van der Waals surface area contributed by atoms with Crippen LogP contribution in [-0.4, -0.2) is 36.8 Å². The van der Waals surface area contributed by atoms with Crippen molar-refractivity contribution >= 4 is 33.1 Å². The van der Waals surface area contributed by atoms with E-state index in [0.717, 1.165) is 14.7 Å². The van der Waals surface area contributed by atoms with Gasteiger partial charge in [-0.25, -0.2) is 0 Å². The molecule has 1 saturated heterocycles. The number of phenolic OH excluding ortho intramolecular Hbond substituents is 1. The summed E-state index contributed by atoms with van der Waals surface area (Å²) in [6.45, 7) is 1.84. The maximum absolute atomic E-state index is 12.7. The second-order valence-electron chi connectivity index (χ2n) is 5.97. The first-order valence-corrected chi connectivity index (χ1v) is 9.99. The zero-order chi connectivity index (χ0) is 18.2. The topological polar surface area (TPSA) is 98.7 Å². The maximum Gasteiger partial charge on any atom is 0.280 e. The van der Waals surface area contributed by atoms with E-state index in [1.165, 1.54) is 24.5 Å². The number of thiophene rings is 1. The molecule has 1 aliphatic heterocycles. The van der Waals surface area contributed by atoms with Crippen molar-refractivity contribution in [3.63, 3.8) is 0 Å². The van der Waals surface area contributed by atoms with E-state index in [2.05, 4.69) is 10.0 Å². The smallest absolute Gasteiger partial charge is 0.280 e. The van der Waals surface area contributed by atoms with E-state index in [0.29, 0.717) is 6.42 Å². The number of benzene rings is 1. The highest BCUT2D eigenvalue weighted by Gasteiger charge is 2.41. The summed E-state index contributed by atoms with van der Waals surface area (Å²) < 4.78 is 28.4. The van der Waals surface area contributed by atoms with Crippen LogP contribution in [0, 0.1) is 6.92 Å². The molecule has 0 spiro atoms. The number of carbonyl (C=O) groups is 1. The molecule has 1 aromatic heterocycles. The van der Waals surface area contributed by atoms with Crippen molar-refractivity contribution < 1.29 is 18.3 Å². The van der Waals surface area contributed by atoms with Crippen LogP contribution in [0.15, 0.2) is 35.7 Å². The van der Waals surface area contributed by atoms with Crippen LogP contribution in [0.3, 0.4) is 0 Å². The Labute approximate surface area is 150 Å². The number of amides is 1. The summed E-state index contributed by atoms with van der Waals surface area (Å²) in [5, 5.41) is 14.4. The highest BCUT2D eigenvalue weighted by molar-refractivity contribution is 7.87. The summed E-state index contributed by atoms with van der Waals surface area (Å²) in [5.74, 6) is -0.539. The van der Waals surface area contributed by atoms with Crippen molar-refractivity contribution in [2.24, 2.45) is 0 Å². The minimum atomic E-state index is -3.77. The fourth-order valence-corrected chi connectivity index (χ4v) is 4.88. The molecular weight excluding hydrogens is 362 g/mol. The standard InChI is InChI=1S/C16H19N3O4S2/c1-10-5-6-14(20)11(8-10)17-16(21)13-9-12(15-4-3-7-24-15)18-25(22,23)19(13)2/h3-8,12-13,18,20H,9H2,1-2H3,(H,17,21)/t12-,13+/m0/s1. The molecule has 0 saturated carbocycles. The predicted molar refractivity (Wildman–Crippen MR) is 96.8 cm³/mol. The van der Waals surface area contributed by atoms with E-state index < -0.39 is 28.2 Å². The molecule has 0 unspecified atom stereocenters. The van der Waals surface area contributed by atoms with Gasteiger partial charge in [0.1, 0.15) is 11.8 Å². The molecule has 2 aromatic rings. The number of nitrogens with zero attached hydrogens (tertiary/aromatic N) is 1. The summed E-state index contributed by atoms with van der Waals surface area (Å²) in [4.78, 5) is 13.5. The Morgan fingerprint density at radius 2 is 2.16 bits per heavy atom. The van der Waals surface area contributed by atoms with Gasteiger partial charge in [0.05, 0.1) is 11.7 Å². The van der Waals surface area contributed by atoms with Crippen LogP contribution in [0.2, 0.25) is 0 Å². The van der Waals surface area contributed by atoms with Crippen LogP contribution in [0.25, 0.3) is 0 Å². The molecular formula is C16H19N3O4S2. The summed E-state index contributed by atoms with van der Waals surface area (Å²) in [7, 11) is -2.41. The van der Waals surface area contributed by atoms with Crippen LogP contribution in [-0.2, 0) is 15.0 Å². The average Bonchev–Trinajstić information content (AvgIpc) is 3.07. The lowest BCUT2D eigenvalue weighted by molar-refractivity contribution is -0.120. The molecule has 1 amide bonds. The van der Waals surface area contributed by atoms with Crippen molar-refractivity contribution in [3.8, 4) is 5.75 Å². The highest BCUT2D eigenvalue weighted by Crippen LogP contribution is 2.31. The van der Waals surface area contributed by atoms with Crippen LogP contribution in [0.4, 0.5) is 5.69 Å². The molecule has 2 atom stereocenters. The Kier molecular flexibility index (Phi) is 4.83. The molecule has 1 aromatic carbocycles. The third-order valence-corrected chi connectivity index (χ3v) is 6.75. The molecule has 9 heteroatoms. The third kappa shape index (κ3) is 3.69. The largest absolute Gasteiger partial charge is 0.506 e. The number of aromatic hydroxyl groups is 1. The van der Waals surface area contributed by atoms with Crippen LogP contribution < -0.4 is 10.0 Å². The lowest BCUT2D eigenvalue weighted by Crippen LogP contribution is -2.55. The normalized spacial score (nSPS) is 23.3. The molecule has 25 heavy (non-hydrogen) atoms. The molecule has 1 fully saturated rings. The molecule has 3 N–H and O–H groups in total. The van der Waals surface area contributed by atoms with Crippen LogP contribution in [0.5, 0.6) is 5.75 Å². The second kappa shape index (κ2) is 6.75. The number of anilines is 1. The first-order valence-electron chi connectivity index (χ1n) is 7.67. The Bertz CT molecular complexity index is 881. The van der Waals surface area contributed by atoms with E-state index in [1.54, 1.807) is 12.1 Å². The minimum Gasteiger partial charge on any atom is -0.506 e. The highest BCUT2D eigenvalue weighted by atomic mass is 32.2. The molecule has 3 rings (SSSR count). The van der Waals surface area contributed by atoms with Gasteiger partial charge in [0.25, 0.3) is 10.2 Å². The van der Waals surface area contributed by atoms with Gasteiger partial charge >= 0.3 is 0 Å². The maximum atomic E-state index is 12.7. The quantitative estimate of drug-likeness (QED) is 0.708. The number of nitrogens with one attached hydrogen (secondary N) is 2.